The van der Waals surface area contributed by atoms with E-state index in [0.717, 1.165) is 24.8 Å². The summed E-state index contributed by atoms with van der Waals surface area (Å²) in [5, 5.41) is 8.66. The zero-order valence-electron chi connectivity index (χ0n) is 8.71. The van der Waals surface area contributed by atoms with Crippen molar-refractivity contribution in [1.82, 2.24) is 0 Å². The molecule has 0 amide bonds. The second-order valence-corrected chi connectivity index (χ2v) is 4.33. The third kappa shape index (κ3) is 3.92. The minimum Gasteiger partial charge on any atom is -0.481 e. The lowest BCUT2D eigenvalue weighted by Crippen LogP contribution is -2.15. The van der Waals surface area contributed by atoms with Gasteiger partial charge in [0.25, 0.3) is 0 Å². The average molecular weight is 198 g/mol. The van der Waals surface area contributed by atoms with E-state index >= 15 is 0 Å². The highest BCUT2D eigenvalue weighted by molar-refractivity contribution is 5.68. The molecular formula is C11H18O3. The lowest BCUT2D eigenvalue weighted by atomic mass is 10.0. The van der Waals surface area contributed by atoms with E-state index in [1.807, 2.05) is 6.92 Å². The van der Waals surface area contributed by atoms with Crippen LogP contribution in [0.25, 0.3) is 0 Å². The van der Waals surface area contributed by atoms with E-state index in [2.05, 4.69) is 6.58 Å². The van der Waals surface area contributed by atoms with Crippen molar-refractivity contribution in [3.8, 4) is 0 Å². The number of carbonyl (C=O) groups is 1. The molecule has 80 valence electrons. The second kappa shape index (κ2) is 4.60. The lowest BCUT2D eigenvalue weighted by Gasteiger charge is -2.12. The molecule has 0 heterocycles. The fourth-order valence-electron chi connectivity index (χ4n) is 1.40. The molecule has 1 saturated carbocycles. The van der Waals surface area contributed by atoms with Gasteiger partial charge in [0.1, 0.15) is 0 Å². The Hall–Kier alpha value is -0.830. The van der Waals surface area contributed by atoms with E-state index in [1.54, 1.807) is 0 Å². The van der Waals surface area contributed by atoms with Crippen LogP contribution in [0.3, 0.4) is 0 Å². The van der Waals surface area contributed by atoms with Crippen LogP contribution in [0.2, 0.25) is 0 Å². The molecule has 3 heteroatoms. The van der Waals surface area contributed by atoms with Crippen LogP contribution in [0, 0.1) is 5.41 Å². The third-order valence-electron chi connectivity index (χ3n) is 2.56. The molecule has 0 bridgehead atoms. The van der Waals surface area contributed by atoms with E-state index in [9.17, 15) is 4.79 Å². The molecule has 0 unspecified atom stereocenters. The van der Waals surface area contributed by atoms with Crippen molar-refractivity contribution >= 4 is 5.97 Å². The molecule has 0 aromatic rings. The number of hydrogen-bond acceptors (Lipinski definition) is 2. The maximum Gasteiger partial charge on any atom is 0.303 e. The fraction of sp³-hybridized carbons (Fsp3) is 0.727. The van der Waals surface area contributed by atoms with E-state index in [-0.39, 0.29) is 11.8 Å². The molecule has 1 aliphatic rings. The van der Waals surface area contributed by atoms with Crippen LogP contribution in [0.1, 0.15) is 32.6 Å². The van der Waals surface area contributed by atoms with E-state index in [4.69, 9.17) is 9.84 Å². The van der Waals surface area contributed by atoms with Crippen LogP contribution >= 0.6 is 0 Å². The summed E-state index contributed by atoms with van der Waals surface area (Å²) < 4.78 is 5.45. The molecule has 1 N–H and O–H groups in total. The Balaban J connectivity index is 2.11. The average Bonchev–Trinajstić information content (AvgIpc) is 2.78. The summed E-state index contributed by atoms with van der Waals surface area (Å²) in [6, 6.07) is 0. The standard InChI is InChI=1S/C11H18O3/c1-9(2)3-6-14-8-11(4-5-11)7-10(12)13/h1,3-8H2,2H3,(H,12,13). The molecule has 14 heavy (non-hydrogen) atoms. The Morgan fingerprint density at radius 3 is 2.64 bits per heavy atom. The van der Waals surface area contributed by atoms with Gasteiger partial charge in [-0.2, -0.15) is 0 Å². The van der Waals surface area contributed by atoms with Crippen molar-refractivity contribution in [1.29, 1.82) is 0 Å². The first-order valence-electron chi connectivity index (χ1n) is 4.98. The van der Waals surface area contributed by atoms with Gasteiger partial charge in [0, 0.05) is 5.41 Å². The smallest absolute Gasteiger partial charge is 0.303 e. The van der Waals surface area contributed by atoms with Crippen LogP contribution in [0.4, 0.5) is 0 Å². The molecule has 1 aliphatic carbocycles. The van der Waals surface area contributed by atoms with Crippen molar-refractivity contribution in [3.63, 3.8) is 0 Å². The molecule has 0 aromatic heterocycles. The minimum atomic E-state index is -0.717. The van der Waals surface area contributed by atoms with Crippen LogP contribution < -0.4 is 0 Å². The number of rotatable bonds is 7. The van der Waals surface area contributed by atoms with Gasteiger partial charge in [0.15, 0.2) is 0 Å². The molecule has 0 saturated heterocycles. The lowest BCUT2D eigenvalue weighted by molar-refractivity contribution is -0.139. The van der Waals surface area contributed by atoms with Crippen molar-refractivity contribution in [3.05, 3.63) is 12.2 Å². The molecule has 0 aromatic carbocycles. The van der Waals surface area contributed by atoms with Gasteiger partial charge in [-0.1, -0.05) is 5.57 Å². The third-order valence-corrected chi connectivity index (χ3v) is 2.56. The zero-order valence-corrected chi connectivity index (χ0v) is 8.71. The van der Waals surface area contributed by atoms with E-state index < -0.39 is 5.97 Å². The summed E-state index contributed by atoms with van der Waals surface area (Å²) >= 11 is 0. The Bertz CT molecular complexity index is 229. The first-order valence-corrected chi connectivity index (χ1v) is 4.98. The van der Waals surface area contributed by atoms with Crippen LogP contribution in [0.15, 0.2) is 12.2 Å². The number of carboxylic acids is 1. The number of aliphatic carboxylic acids is 1. The summed E-state index contributed by atoms with van der Waals surface area (Å²) in [7, 11) is 0. The second-order valence-electron chi connectivity index (χ2n) is 4.33. The fourth-order valence-corrected chi connectivity index (χ4v) is 1.40. The van der Waals surface area contributed by atoms with Gasteiger partial charge in [-0.05, 0) is 26.2 Å². The summed E-state index contributed by atoms with van der Waals surface area (Å²) in [5.41, 5.74) is 1.06. The van der Waals surface area contributed by atoms with Gasteiger partial charge in [-0.3, -0.25) is 4.79 Å². The molecule has 1 rings (SSSR count). The summed E-state index contributed by atoms with van der Waals surface area (Å²) in [6.07, 6.45) is 3.10. The van der Waals surface area contributed by atoms with Gasteiger partial charge in [-0.15, -0.1) is 6.58 Å². The Labute approximate surface area is 84.8 Å². The molecular weight excluding hydrogens is 180 g/mol. The predicted molar refractivity (Wildman–Crippen MR) is 54.2 cm³/mol. The minimum absolute atomic E-state index is 0.0408. The van der Waals surface area contributed by atoms with Gasteiger partial charge in [-0.25, -0.2) is 0 Å². The predicted octanol–water partition coefficient (Wildman–Crippen LogP) is 2.22. The van der Waals surface area contributed by atoms with Crippen molar-refractivity contribution in [2.24, 2.45) is 5.41 Å². The summed E-state index contributed by atoms with van der Waals surface area (Å²) in [4.78, 5) is 10.5. The maximum atomic E-state index is 10.5. The zero-order chi connectivity index (χ0) is 10.6. The largest absolute Gasteiger partial charge is 0.481 e. The number of hydrogen-bond donors (Lipinski definition) is 1. The molecule has 3 nitrogen and oxygen atoms in total. The van der Waals surface area contributed by atoms with Crippen molar-refractivity contribution < 1.29 is 14.6 Å². The highest BCUT2D eigenvalue weighted by atomic mass is 16.5. The Morgan fingerprint density at radius 1 is 1.57 bits per heavy atom. The van der Waals surface area contributed by atoms with E-state index in [0.29, 0.717) is 13.2 Å². The Morgan fingerprint density at radius 2 is 2.21 bits per heavy atom. The maximum absolute atomic E-state index is 10.5. The molecule has 0 atom stereocenters. The van der Waals surface area contributed by atoms with Crippen molar-refractivity contribution in [2.75, 3.05) is 13.2 Å². The first kappa shape index (κ1) is 11.2. The molecule has 0 radical (unpaired) electrons. The summed E-state index contributed by atoms with van der Waals surface area (Å²) in [5.74, 6) is -0.717. The monoisotopic (exact) mass is 198 g/mol. The molecule has 0 spiro atoms. The SMILES string of the molecule is C=C(C)CCOCC1(CC(=O)O)CC1. The number of ether oxygens (including phenoxy) is 1. The van der Waals surface area contributed by atoms with Gasteiger partial charge in [0.05, 0.1) is 19.6 Å². The van der Waals surface area contributed by atoms with Crippen LogP contribution in [-0.4, -0.2) is 24.3 Å². The molecule has 1 fully saturated rings. The summed E-state index contributed by atoms with van der Waals surface area (Å²) in [6.45, 7) is 7.00. The van der Waals surface area contributed by atoms with Gasteiger partial charge in [0.2, 0.25) is 0 Å². The quantitative estimate of drug-likeness (QED) is 0.504. The van der Waals surface area contributed by atoms with E-state index in [1.165, 1.54) is 0 Å². The number of carboxylic acid groups (broad SMARTS) is 1. The highest BCUT2D eigenvalue weighted by Crippen LogP contribution is 2.48. The first-order chi connectivity index (χ1) is 6.54. The van der Waals surface area contributed by atoms with Gasteiger partial charge < -0.3 is 9.84 Å². The van der Waals surface area contributed by atoms with Gasteiger partial charge >= 0.3 is 5.97 Å². The topological polar surface area (TPSA) is 46.5 Å². The Kier molecular flexibility index (Phi) is 3.69. The van der Waals surface area contributed by atoms with Crippen molar-refractivity contribution in [2.45, 2.75) is 32.6 Å². The normalized spacial score (nSPS) is 17.8. The highest BCUT2D eigenvalue weighted by Gasteiger charge is 2.44. The van der Waals surface area contributed by atoms with Crippen LogP contribution in [-0.2, 0) is 9.53 Å². The molecule has 0 aliphatic heterocycles. The van der Waals surface area contributed by atoms with Crippen LogP contribution in [0.5, 0.6) is 0 Å².